The van der Waals surface area contributed by atoms with Gasteiger partial charge in [-0.15, -0.1) is 0 Å². The highest BCUT2D eigenvalue weighted by molar-refractivity contribution is 7.07. The molecule has 0 fully saturated rings. The molecule has 3 aromatic rings. The van der Waals surface area contributed by atoms with Gasteiger partial charge >= 0.3 is 5.97 Å². The van der Waals surface area contributed by atoms with Crippen molar-refractivity contribution >= 4 is 40.7 Å². The number of halogens is 1. The minimum Gasteiger partial charge on any atom is -0.466 e. The molecule has 2 heterocycles. The van der Waals surface area contributed by atoms with Crippen molar-refractivity contribution in [2.45, 2.75) is 26.8 Å². The smallest absolute Gasteiger partial charge is 0.338 e. The maximum absolute atomic E-state index is 13.6. The number of hydrogen-bond donors (Lipinski definition) is 0. The minimum absolute atomic E-state index is 0.226. The van der Waals surface area contributed by atoms with Crippen LogP contribution in [0.1, 0.15) is 37.9 Å². The second-order valence-corrected chi connectivity index (χ2v) is 9.28. The Kier molecular flexibility index (Phi) is 7.05. The zero-order chi connectivity index (χ0) is 24.4. The molecule has 0 bridgehead atoms. The highest BCUT2D eigenvalue weighted by Crippen LogP contribution is 2.34. The third-order valence-electron chi connectivity index (χ3n) is 5.95. The highest BCUT2D eigenvalue weighted by Gasteiger charge is 2.34. The normalized spacial score (nSPS) is 15.7. The highest BCUT2D eigenvalue weighted by atomic mass is 35.5. The molecule has 0 N–H and O–H groups in total. The van der Waals surface area contributed by atoms with Crippen molar-refractivity contribution in [2.75, 3.05) is 25.1 Å². The van der Waals surface area contributed by atoms with E-state index in [1.807, 2.05) is 36.4 Å². The van der Waals surface area contributed by atoms with Gasteiger partial charge in [-0.25, -0.2) is 9.79 Å². The van der Waals surface area contributed by atoms with Gasteiger partial charge in [-0.05, 0) is 56.2 Å². The monoisotopic (exact) mass is 495 g/mol. The van der Waals surface area contributed by atoms with E-state index < -0.39 is 12.0 Å². The number of fused-ring (bicyclic) bond motifs is 1. The number of carbonyl (C=O) groups is 1. The summed E-state index contributed by atoms with van der Waals surface area (Å²) in [5.74, 6) is -0.535. The van der Waals surface area contributed by atoms with E-state index in [1.165, 1.54) is 18.4 Å². The van der Waals surface area contributed by atoms with E-state index in [9.17, 15) is 9.59 Å². The van der Waals surface area contributed by atoms with Crippen LogP contribution in [-0.4, -0.2) is 30.7 Å². The Morgan fingerprint density at radius 3 is 2.47 bits per heavy atom. The quantitative estimate of drug-likeness (QED) is 0.486. The predicted octanol–water partition coefficient (Wildman–Crippen LogP) is 3.91. The van der Waals surface area contributed by atoms with Crippen LogP contribution in [-0.2, 0) is 9.53 Å². The largest absolute Gasteiger partial charge is 0.466 e. The van der Waals surface area contributed by atoms with Gasteiger partial charge in [-0.3, -0.25) is 9.36 Å². The van der Waals surface area contributed by atoms with Crippen LogP contribution in [0.3, 0.4) is 0 Å². The van der Waals surface area contributed by atoms with E-state index in [1.54, 1.807) is 17.6 Å². The molecule has 1 atom stereocenters. The van der Waals surface area contributed by atoms with Crippen molar-refractivity contribution in [3.63, 3.8) is 0 Å². The van der Waals surface area contributed by atoms with E-state index in [4.69, 9.17) is 16.3 Å². The molecule has 0 radical (unpaired) electrons. The van der Waals surface area contributed by atoms with Crippen molar-refractivity contribution in [3.05, 3.63) is 95.6 Å². The fourth-order valence-electron chi connectivity index (χ4n) is 4.21. The van der Waals surface area contributed by atoms with E-state index in [0.717, 1.165) is 24.3 Å². The molecule has 0 saturated carbocycles. The fraction of sp³-hybridized carbons (Fsp3) is 0.269. The molecule has 0 saturated heterocycles. The Hall–Kier alpha value is -3.16. The third-order valence-corrected chi connectivity index (χ3v) is 7.27. The fourth-order valence-corrected chi connectivity index (χ4v) is 5.49. The van der Waals surface area contributed by atoms with Crippen LogP contribution in [0.5, 0.6) is 0 Å². The summed E-state index contributed by atoms with van der Waals surface area (Å²) in [4.78, 5) is 33.7. The van der Waals surface area contributed by atoms with Gasteiger partial charge in [-0.2, -0.15) is 0 Å². The number of hydrogen-bond acceptors (Lipinski definition) is 6. The maximum Gasteiger partial charge on any atom is 0.338 e. The first-order chi connectivity index (χ1) is 16.4. The van der Waals surface area contributed by atoms with Crippen LogP contribution in [0, 0.1) is 0 Å². The Balaban J connectivity index is 1.88. The second kappa shape index (κ2) is 9.99. The van der Waals surface area contributed by atoms with E-state index in [0.29, 0.717) is 31.2 Å². The lowest BCUT2D eigenvalue weighted by molar-refractivity contribution is -0.136. The molecule has 6 nitrogen and oxygen atoms in total. The lowest BCUT2D eigenvalue weighted by atomic mass is 9.96. The van der Waals surface area contributed by atoms with Crippen LogP contribution in [0.15, 0.2) is 69.6 Å². The first kappa shape index (κ1) is 24.0. The number of nitrogens with zero attached hydrogens (tertiary/aromatic N) is 3. The van der Waals surface area contributed by atoms with Gasteiger partial charge in [0.1, 0.15) is 6.04 Å². The summed E-state index contributed by atoms with van der Waals surface area (Å²) in [6.45, 7) is 7.85. The zero-order valence-electron chi connectivity index (χ0n) is 19.5. The number of esters is 1. The molecule has 0 amide bonds. The van der Waals surface area contributed by atoms with Gasteiger partial charge in [0.25, 0.3) is 5.56 Å². The molecule has 1 aliphatic rings. The Labute approximate surface area is 207 Å². The number of benzene rings is 2. The minimum atomic E-state index is -0.718. The summed E-state index contributed by atoms with van der Waals surface area (Å²) in [6, 6.07) is 14.6. The summed E-state index contributed by atoms with van der Waals surface area (Å²) in [6.07, 6.45) is 1.86. The summed E-state index contributed by atoms with van der Waals surface area (Å²) in [5, 5.41) is 0.463. The van der Waals surface area contributed by atoms with Gasteiger partial charge in [0, 0.05) is 23.8 Å². The molecule has 8 heteroatoms. The maximum atomic E-state index is 13.6. The van der Waals surface area contributed by atoms with Crippen molar-refractivity contribution in [1.82, 2.24) is 4.57 Å². The van der Waals surface area contributed by atoms with Gasteiger partial charge in [-0.1, -0.05) is 53.3 Å². The topological polar surface area (TPSA) is 63.9 Å². The van der Waals surface area contributed by atoms with Gasteiger partial charge in [0.05, 0.1) is 22.9 Å². The van der Waals surface area contributed by atoms with Crippen molar-refractivity contribution in [2.24, 2.45) is 4.99 Å². The lowest BCUT2D eigenvalue weighted by Gasteiger charge is -2.25. The molecule has 1 unspecified atom stereocenters. The van der Waals surface area contributed by atoms with E-state index >= 15 is 0 Å². The first-order valence-electron chi connectivity index (χ1n) is 11.1. The van der Waals surface area contributed by atoms with Crippen LogP contribution in [0.4, 0.5) is 5.69 Å². The predicted molar refractivity (Wildman–Crippen MR) is 137 cm³/mol. The van der Waals surface area contributed by atoms with Crippen molar-refractivity contribution < 1.29 is 9.53 Å². The number of thiazole rings is 1. The van der Waals surface area contributed by atoms with Crippen LogP contribution >= 0.6 is 22.9 Å². The number of allylic oxidation sites excluding steroid dienone is 1. The van der Waals surface area contributed by atoms with Gasteiger partial charge < -0.3 is 9.64 Å². The summed E-state index contributed by atoms with van der Waals surface area (Å²) >= 11 is 7.80. The number of methoxy groups -OCH3 is 1. The van der Waals surface area contributed by atoms with E-state index in [-0.39, 0.29) is 5.56 Å². The number of ether oxygens (including phenoxy) is 1. The standard InChI is InChI=1S/C26H26ClN3O3S/c1-5-29(6-2)18-13-11-17(12-14-18)15-21-24(31)30-23(19-9-7-8-10-20(19)27)22(25(32)33-4)16(3)28-26(30)34-21/h7-15,23H,5-6H2,1-4H3/b21-15-. The molecule has 1 aromatic heterocycles. The number of aromatic nitrogens is 1. The summed E-state index contributed by atoms with van der Waals surface area (Å²) < 4.78 is 7.11. The SMILES string of the molecule is CCN(CC)c1ccc(/C=c2\sc3n(c2=O)C(c2ccccc2Cl)C(C(=O)OC)=C(C)N=3)cc1. The molecule has 0 spiro atoms. The molecule has 34 heavy (non-hydrogen) atoms. The molecule has 1 aliphatic heterocycles. The summed E-state index contributed by atoms with van der Waals surface area (Å²) in [5.41, 5.74) is 3.29. The van der Waals surface area contributed by atoms with Gasteiger partial charge in [0.2, 0.25) is 0 Å². The Morgan fingerprint density at radius 1 is 1.18 bits per heavy atom. The van der Waals surface area contributed by atoms with Crippen LogP contribution < -0.4 is 19.8 Å². The molecule has 176 valence electrons. The molecule has 2 aromatic carbocycles. The Morgan fingerprint density at radius 2 is 1.85 bits per heavy atom. The van der Waals surface area contributed by atoms with E-state index in [2.05, 4.69) is 35.9 Å². The molecular weight excluding hydrogens is 470 g/mol. The van der Waals surface area contributed by atoms with Crippen molar-refractivity contribution in [1.29, 1.82) is 0 Å². The Bertz CT molecular complexity index is 1430. The van der Waals surface area contributed by atoms with Crippen LogP contribution in [0.25, 0.3) is 6.08 Å². The number of rotatable bonds is 6. The van der Waals surface area contributed by atoms with Gasteiger partial charge in [0.15, 0.2) is 4.80 Å². The third kappa shape index (κ3) is 4.33. The molecular formula is C26H26ClN3O3S. The number of anilines is 1. The van der Waals surface area contributed by atoms with Crippen molar-refractivity contribution in [3.8, 4) is 0 Å². The molecule has 4 rings (SSSR count). The lowest BCUT2D eigenvalue weighted by Crippen LogP contribution is -2.39. The second-order valence-electron chi connectivity index (χ2n) is 7.86. The van der Waals surface area contributed by atoms with Crippen LogP contribution in [0.2, 0.25) is 5.02 Å². The average molecular weight is 496 g/mol. The molecule has 0 aliphatic carbocycles. The average Bonchev–Trinajstić information content (AvgIpc) is 3.14. The zero-order valence-corrected chi connectivity index (χ0v) is 21.1. The first-order valence-corrected chi connectivity index (χ1v) is 12.3. The summed E-state index contributed by atoms with van der Waals surface area (Å²) in [7, 11) is 1.32. The number of carbonyl (C=O) groups excluding carboxylic acids is 1.